The summed E-state index contributed by atoms with van der Waals surface area (Å²) in [5.41, 5.74) is 2.71. The zero-order valence-electron chi connectivity index (χ0n) is 10.00. The molecule has 0 aliphatic heterocycles. The fourth-order valence-corrected chi connectivity index (χ4v) is 2.29. The van der Waals surface area contributed by atoms with Crippen LogP contribution in [0.2, 0.25) is 5.02 Å². The lowest BCUT2D eigenvalue weighted by Crippen LogP contribution is -2.20. The first kappa shape index (κ1) is 14.2. The maximum Gasteiger partial charge on any atom is 0.271 e. The molecule has 0 aliphatic carbocycles. The summed E-state index contributed by atoms with van der Waals surface area (Å²) in [4.78, 5) is 23.0. The molecule has 1 aromatic heterocycles. The number of hydrogen-bond donors (Lipinski definition) is 1. The van der Waals surface area contributed by atoms with Gasteiger partial charge in [-0.15, -0.1) is 11.3 Å². The fraction of sp³-hybridized carbons (Fsp3) is 0. The number of nitrogens with one attached hydrogen (secondary N) is 1. The number of aromatic carboxylic acids is 1. The number of thiophene rings is 1. The average molecular weight is 308 g/mol. The first-order valence-corrected chi connectivity index (χ1v) is 6.66. The standard InChI is InChI=1S/C13H9ClN2O3S/c14-9-3-1-2-8(6-9)12(17)16-15-7-10-4-5-11(20-10)13(18)19/h1-7H,(H,16,17)(H,18,19)/p-1/b15-7+. The molecule has 1 amide bonds. The molecule has 1 N–H and O–H groups in total. The second kappa shape index (κ2) is 6.31. The van der Waals surface area contributed by atoms with Gasteiger partial charge in [-0.05, 0) is 30.3 Å². The van der Waals surface area contributed by atoms with Crippen LogP contribution in [0.1, 0.15) is 24.9 Å². The van der Waals surface area contributed by atoms with Gasteiger partial charge in [0.1, 0.15) is 0 Å². The number of hydrazone groups is 1. The quantitative estimate of drug-likeness (QED) is 0.687. The lowest BCUT2D eigenvalue weighted by Gasteiger charge is -1.99. The van der Waals surface area contributed by atoms with Crippen LogP contribution in [0.25, 0.3) is 0 Å². The van der Waals surface area contributed by atoms with Crippen molar-refractivity contribution in [2.75, 3.05) is 0 Å². The summed E-state index contributed by atoms with van der Waals surface area (Å²) in [7, 11) is 0. The normalized spacial score (nSPS) is 10.7. The topological polar surface area (TPSA) is 81.6 Å². The number of carboxylic acid groups (broad SMARTS) is 1. The molecule has 2 rings (SSSR count). The Labute approximate surface area is 123 Å². The van der Waals surface area contributed by atoms with Crippen molar-refractivity contribution in [2.24, 2.45) is 5.10 Å². The van der Waals surface area contributed by atoms with E-state index >= 15 is 0 Å². The number of hydrogen-bond acceptors (Lipinski definition) is 5. The van der Waals surface area contributed by atoms with E-state index in [2.05, 4.69) is 10.5 Å². The second-order valence-corrected chi connectivity index (χ2v) is 5.25. The molecule has 1 aromatic carbocycles. The number of amides is 1. The largest absolute Gasteiger partial charge is 0.544 e. The molecule has 1 heterocycles. The lowest BCUT2D eigenvalue weighted by atomic mass is 10.2. The predicted octanol–water partition coefficient (Wildman–Crippen LogP) is 1.53. The van der Waals surface area contributed by atoms with Gasteiger partial charge < -0.3 is 9.90 Å². The van der Waals surface area contributed by atoms with Crippen molar-refractivity contribution in [3.63, 3.8) is 0 Å². The Bertz CT molecular complexity index is 682. The highest BCUT2D eigenvalue weighted by atomic mass is 35.5. The molecule has 0 atom stereocenters. The molecule has 0 aliphatic rings. The molecular formula is C13H8ClN2O3S-. The van der Waals surface area contributed by atoms with Crippen LogP contribution in [-0.4, -0.2) is 18.1 Å². The monoisotopic (exact) mass is 307 g/mol. The Balaban J connectivity index is 1.99. The van der Waals surface area contributed by atoms with Crippen LogP contribution in [0.3, 0.4) is 0 Å². The van der Waals surface area contributed by atoms with Crippen LogP contribution < -0.4 is 10.5 Å². The molecule has 0 spiro atoms. The Morgan fingerprint density at radius 3 is 2.75 bits per heavy atom. The number of nitrogens with zero attached hydrogens (tertiary/aromatic N) is 1. The van der Waals surface area contributed by atoms with Crippen molar-refractivity contribution in [1.29, 1.82) is 0 Å². The minimum atomic E-state index is -1.24. The number of rotatable bonds is 4. The van der Waals surface area contributed by atoms with Crippen molar-refractivity contribution in [1.82, 2.24) is 5.43 Å². The molecule has 0 radical (unpaired) electrons. The van der Waals surface area contributed by atoms with Crippen molar-refractivity contribution in [3.8, 4) is 0 Å². The Hall–Kier alpha value is -2.18. The molecule has 20 heavy (non-hydrogen) atoms. The highest BCUT2D eigenvalue weighted by Gasteiger charge is 2.04. The van der Waals surface area contributed by atoms with Crippen LogP contribution in [0, 0.1) is 0 Å². The molecule has 0 unspecified atom stereocenters. The molecule has 7 heteroatoms. The maximum absolute atomic E-state index is 11.7. The van der Waals surface area contributed by atoms with Gasteiger partial charge in [-0.25, -0.2) is 5.43 Å². The van der Waals surface area contributed by atoms with Gasteiger partial charge in [0.2, 0.25) is 0 Å². The van der Waals surface area contributed by atoms with E-state index in [1.165, 1.54) is 18.3 Å². The first-order chi connectivity index (χ1) is 9.56. The van der Waals surface area contributed by atoms with Gasteiger partial charge in [-0.3, -0.25) is 4.79 Å². The van der Waals surface area contributed by atoms with Gasteiger partial charge >= 0.3 is 0 Å². The van der Waals surface area contributed by atoms with E-state index in [-0.39, 0.29) is 4.88 Å². The predicted molar refractivity (Wildman–Crippen MR) is 75.2 cm³/mol. The van der Waals surface area contributed by atoms with Crippen molar-refractivity contribution < 1.29 is 14.7 Å². The smallest absolute Gasteiger partial charge is 0.271 e. The van der Waals surface area contributed by atoms with E-state index in [0.717, 1.165) is 11.3 Å². The molecule has 5 nitrogen and oxygen atoms in total. The molecule has 2 aromatic rings. The van der Waals surface area contributed by atoms with E-state index in [1.54, 1.807) is 24.3 Å². The van der Waals surface area contributed by atoms with E-state index in [1.807, 2.05) is 0 Å². The van der Waals surface area contributed by atoms with Crippen LogP contribution >= 0.6 is 22.9 Å². The zero-order chi connectivity index (χ0) is 14.5. The maximum atomic E-state index is 11.7. The van der Waals surface area contributed by atoms with Crippen LogP contribution in [0.15, 0.2) is 41.5 Å². The number of carbonyl (C=O) groups is 2. The average Bonchev–Trinajstić information content (AvgIpc) is 2.87. The van der Waals surface area contributed by atoms with Crippen LogP contribution in [0.5, 0.6) is 0 Å². The van der Waals surface area contributed by atoms with Gasteiger partial charge in [-0.1, -0.05) is 17.7 Å². The first-order valence-electron chi connectivity index (χ1n) is 5.46. The molecule has 0 saturated carbocycles. The third-order valence-electron chi connectivity index (χ3n) is 2.27. The summed E-state index contributed by atoms with van der Waals surface area (Å²) in [5, 5.41) is 14.8. The molecular weight excluding hydrogens is 300 g/mol. The molecule has 0 bridgehead atoms. The van der Waals surface area contributed by atoms with Crippen molar-refractivity contribution >= 4 is 41.0 Å². The third kappa shape index (κ3) is 3.66. The SMILES string of the molecule is O=C(N/N=C/c1ccc(C(=O)[O-])s1)c1cccc(Cl)c1. The Kier molecular flexibility index (Phi) is 4.49. The number of carboxylic acids is 1. The highest BCUT2D eigenvalue weighted by Crippen LogP contribution is 2.13. The van der Waals surface area contributed by atoms with Gasteiger partial charge in [0.05, 0.1) is 17.1 Å². The van der Waals surface area contributed by atoms with Crippen molar-refractivity contribution in [3.05, 3.63) is 56.7 Å². The highest BCUT2D eigenvalue weighted by molar-refractivity contribution is 7.15. The zero-order valence-corrected chi connectivity index (χ0v) is 11.6. The second-order valence-electron chi connectivity index (χ2n) is 3.70. The van der Waals surface area contributed by atoms with Gasteiger partial charge in [0.15, 0.2) is 0 Å². The summed E-state index contributed by atoms with van der Waals surface area (Å²) in [5.74, 6) is -1.64. The van der Waals surface area contributed by atoms with E-state index < -0.39 is 11.9 Å². The van der Waals surface area contributed by atoms with Gasteiger partial charge in [0.25, 0.3) is 5.91 Å². The lowest BCUT2D eigenvalue weighted by molar-refractivity contribution is -0.254. The minimum Gasteiger partial charge on any atom is -0.544 e. The fourth-order valence-electron chi connectivity index (χ4n) is 1.38. The molecule has 0 fully saturated rings. The Morgan fingerprint density at radius 2 is 2.10 bits per heavy atom. The van der Waals surface area contributed by atoms with E-state index in [9.17, 15) is 14.7 Å². The summed E-state index contributed by atoms with van der Waals surface area (Å²) in [6.45, 7) is 0. The summed E-state index contributed by atoms with van der Waals surface area (Å²) in [6, 6.07) is 9.44. The van der Waals surface area contributed by atoms with Crippen LogP contribution in [-0.2, 0) is 0 Å². The third-order valence-corrected chi connectivity index (χ3v) is 3.51. The van der Waals surface area contributed by atoms with Gasteiger partial charge in [-0.2, -0.15) is 5.10 Å². The Morgan fingerprint density at radius 1 is 1.30 bits per heavy atom. The van der Waals surface area contributed by atoms with E-state index in [0.29, 0.717) is 15.5 Å². The van der Waals surface area contributed by atoms with Crippen molar-refractivity contribution in [2.45, 2.75) is 0 Å². The van der Waals surface area contributed by atoms with Crippen LogP contribution in [0.4, 0.5) is 0 Å². The number of carbonyl (C=O) groups excluding carboxylic acids is 2. The summed E-state index contributed by atoms with van der Waals surface area (Å²) >= 11 is 6.78. The molecule has 102 valence electrons. The van der Waals surface area contributed by atoms with E-state index in [4.69, 9.17) is 11.6 Å². The van der Waals surface area contributed by atoms with Gasteiger partial charge in [0, 0.05) is 15.5 Å². The summed E-state index contributed by atoms with van der Waals surface area (Å²) in [6.07, 6.45) is 1.36. The minimum absolute atomic E-state index is 0.104. The summed E-state index contributed by atoms with van der Waals surface area (Å²) < 4.78 is 0. The number of benzene rings is 1. The number of halogens is 1. The molecule has 0 saturated heterocycles.